The lowest BCUT2D eigenvalue weighted by molar-refractivity contribution is -0.118. The number of carbonyl (C=O) groups is 1. The van der Waals surface area contributed by atoms with Gasteiger partial charge in [-0.3, -0.25) is 9.48 Å². The number of nitrogens with two attached hydrogens (primary N) is 1. The van der Waals surface area contributed by atoms with E-state index in [2.05, 4.69) is 15.1 Å². The van der Waals surface area contributed by atoms with E-state index in [9.17, 15) is 4.79 Å². The van der Waals surface area contributed by atoms with Crippen molar-refractivity contribution in [2.75, 3.05) is 0 Å². The van der Waals surface area contributed by atoms with Crippen molar-refractivity contribution < 1.29 is 4.79 Å². The molecule has 3 N–H and O–H groups in total. The Balaban J connectivity index is 1.88. The molecule has 0 aliphatic carbocycles. The minimum Gasteiger partial charge on any atom is -0.370 e. The van der Waals surface area contributed by atoms with Crippen molar-refractivity contribution in [3.8, 4) is 11.1 Å². The number of hydrogen-bond donors (Lipinski definition) is 2. The lowest BCUT2D eigenvalue weighted by Crippen LogP contribution is -2.14. The fraction of sp³-hybridized carbons (Fsp3) is 0.267. The lowest BCUT2D eigenvalue weighted by Gasteiger charge is -2.10. The second-order valence-electron chi connectivity index (χ2n) is 5.16. The maximum atomic E-state index is 10.9. The van der Waals surface area contributed by atoms with Crippen LogP contribution in [0, 0.1) is 0 Å². The Bertz CT molecular complexity index is 773. The van der Waals surface area contributed by atoms with Gasteiger partial charge < -0.3 is 10.7 Å². The zero-order chi connectivity index (χ0) is 14.8. The summed E-state index contributed by atoms with van der Waals surface area (Å²) >= 11 is 0. The summed E-state index contributed by atoms with van der Waals surface area (Å²) in [6, 6.07) is 4.12. The third kappa shape index (κ3) is 2.65. The van der Waals surface area contributed by atoms with Gasteiger partial charge in [0.15, 0.2) is 0 Å². The molecule has 0 aromatic carbocycles. The molecule has 3 aromatic heterocycles. The number of H-pyrrole nitrogens is 1. The summed E-state index contributed by atoms with van der Waals surface area (Å²) in [5, 5.41) is 5.47. The van der Waals surface area contributed by atoms with E-state index in [1.165, 1.54) is 0 Å². The standard InChI is InChI=1S/C15H17N5O/c1-10(2-3-14(16)21)20-9-11(8-19-20)12-4-6-17-15-13(12)5-7-18-15/h4-10H,2-3H2,1H3,(H2,16,21)(H,17,18). The van der Waals surface area contributed by atoms with Crippen LogP contribution in [0.4, 0.5) is 0 Å². The first-order valence-corrected chi connectivity index (χ1v) is 6.90. The second-order valence-corrected chi connectivity index (χ2v) is 5.16. The highest BCUT2D eigenvalue weighted by atomic mass is 16.1. The highest BCUT2D eigenvalue weighted by Gasteiger charge is 2.11. The van der Waals surface area contributed by atoms with Crippen LogP contribution in [-0.4, -0.2) is 25.7 Å². The molecule has 1 amide bonds. The Morgan fingerprint density at radius 3 is 3.14 bits per heavy atom. The fourth-order valence-electron chi connectivity index (χ4n) is 2.41. The fourth-order valence-corrected chi connectivity index (χ4v) is 2.41. The summed E-state index contributed by atoms with van der Waals surface area (Å²) in [5.74, 6) is -0.280. The van der Waals surface area contributed by atoms with Crippen molar-refractivity contribution >= 4 is 16.9 Å². The molecule has 108 valence electrons. The van der Waals surface area contributed by atoms with Gasteiger partial charge in [-0.05, 0) is 31.0 Å². The third-order valence-corrected chi connectivity index (χ3v) is 3.63. The average molecular weight is 283 g/mol. The number of fused-ring (bicyclic) bond motifs is 1. The van der Waals surface area contributed by atoms with Gasteiger partial charge in [-0.2, -0.15) is 5.10 Å². The van der Waals surface area contributed by atoms with Crippen molar-refractivity contribution in [2.24, 2.45) is 5.73 Å². The summed E-state index contributed by atoms with van der Waals surface area (Å²) in [6.07, 6.45) is 8.54. The smallest absolute Gasteiger partial charge is 0.217 e. The topological polar surface area (TPSA) is 89.6 Å². The van der Waals surface area contributed by atoms with Gasteiger partial charge in [-0.25, -0.2) is 4.98 Å². The summed E-state index contributed by atoms with van der Waals surface area (Å²) in [4.78, 5) is 18.2. The summed E-state index contributed by atoms with van der Waals surface area (Å²) in [6.45, 7) is 2.03. The highest BCUT2D eigenvalue weighted by Crippen LogP contribution is 2.27. The third-order valence-electron chi connectivity index (χ3n) is 3.63. The molecular formula is C15H17N5O. The Kier molecular flexibility index (Phi) is 3.43. The Hall–Kier alpha value is -2.63. The van der Waals surface area contributed by atoms with E-state index in [0.29, 0.717) is 12.8 Å². The molecular weight excluding hydrogens is 266 g/mol. The maximum absolute atomic E-state index is 10.9. The molecule has 21 heavy (non-hydrogen) atoms. The van der Waals surface area contributed by atoms with Crippen molar-refractivity contribution in [1.82, 2.24) is 19.7 Å². The van der Waals surface area contributed by atoms with E-state index in [-0.39, 0.29) is 11.9 Å². The van der Waals surface area contributed by atoms with Crippen LogP contribution < -0.4 is 5.73 Å². The van der Waals surface area contributed by atoms with E-state index in [0.717, 1.165) is 22.2 Å². The number of carbonyl (C=O) groups excluding carboxylic acids is 1. The first-order valence-electron chi connectivity index (χ1n) is 6.90. The quantitative estimate of drug-likeness (QED) is 0.752. The molecule has 1 atom stereocenters. The van der Waals surface area contributed by atoms with Crippen LogP contribution in [0.15, 0.2) is 36.9 Å². The molecule has 0 aliphatic rings. The van der Waals surface area contributed by atoms with Gasteiger partial charge >= 0.3 is 0 Å². The molecule has 0 aliphatic heterocycles. The molecule has 3 rings (SSSR count). The number of hydrogen-bond acceptors (Lipinski definition) is 3. The van der Waals surface area contributed by atoms with E-state index >= 15 is 0 Å². The molecule has 0 saturated heterocycles. The van der Waals surface area contributed by atoms with Crippen LogP contribution in [0.5, 0.6) is 0 Å². The molecule has 0 spiro atoms. The van der Waals surface area contributed by atoms with Gasteiger partial charge in [0, 0.05) is 42.0 Å². The Morgan fingerprint density at radius 1 is 1.48 bits per heavy atom. The average Bonchev–Trinajstić information content (AvgIpc) is 3.12. The first-order chi connectivity index (χ1) is 10.1. The SMILES string of the molecule is CC(CCC(N)=O)n1cc(-c2ccnc3[nH]ccc23)cn1. The van der Waals surface area contributed by atoms with E-state index in [1.807, 2.05) is 42.3 Å². The molecule has 3 aromatic rings. The van der Waals surface area contributed by atoms with E-state index < -0.39 is 0 Å². The molecule has 6 heteroatoms. The van der Waals surface area contributed by atoms with Crippen molar-refractivity contribution in [3.63, 3.8) is 0 Å². The van der Waals surface area contributed by atoms with Crippen LogP contribution in [-0.2, 0) is 4.79 Å². The zero-order valence-corrected chi connectivity index (χ0v) is 11.8. The lowest BCUT2D eigenvalue weighted by atomic mass is 10.1. The van der Waals surface area contributed by atoms with Crippen molar-refractivity contribution in [3.05, 3.63) is 36.9 Å². The largest absolute Gasteiger partial charge is 0.370 e. The Labute approximate surface area is 122 Å². The van der Waals surface area contributed by atoms with E-state index in [1.54, 1.807) is 6.20 Å². The number of nitrogens with one attached hydrogen (secondary N) is 1. The number of aromatic nitrogens is 4. The van der Waals surface area contributed by atoms with Crippen molar-refractivity contribution in [2.45, 2.75) is 25.8 Å². The predicted octanol–water partition coefficient (Wildman–Crippen LogP) is 2.25. The molecule has 0 bridgehead atoms. The minimum atomic E-state index is -0.280. The summed E-state index contributed by atoms with van der Waals surface area (Å²) in [5.41, 5.74) is 8.18. The number of primary amides is 1. The first kappa shape index (κ1) is 13.4. The van der Waals surface area contributed by atoms with Gasteiger partial charge in [-0.1, -0.05) is 0 Å². The molecule has 6 nitrogen and oxygen atoms in total. The predicted molar refractivity (Wildman–Crippen MR) is 80.5 cm³/mol. The highest BCUT2D eigenvalue weighted by molar-refractivity contribution is 5.92. The van der Waals surface area contributed by atoms with Crippen LogP contribution in [0.1, 0.15) is 25.8 Å². The van der Waals surface area contributed by atoms with Gasteiger partial charge in [-0.15, -0.1) is 0 Å². The van der Waals surface area contributed by atoms with Crippen LogP contribution in [0.25, 0.3) is 22.2 Å². The number of nitrogens with zero attached hydrogens (tertiary/aromatic N) is 3. The Morgan fingerprint density at radius 2 is 2.33 bits per heavy atom. The number of pyridine rings is 1. The van der Waals surface area contributed by atoms with Gasteiger partial charge in [0.2, 0.25) is 5.91 Å². The van der Waals surface area contributed by atoms with Crippen LogP contribution in [0.2, 0.25) is 0 Å². The normalized spacial score (nSPS) is 12.6. The zero-order valence-electron chi connectivity index (χ0n) is 11.8. The van der Waals surface area contributed by atoms with Gasteiger partial charge in [0.1, 0.15) is 5.65 Å². The number of aromatic amines is 1. The molecule has 1 unspecified atom stereocenters. The van der Waals surface area contributed by atoms with Crippen LogP contribution >= 0.6 is 0 Å². The second kappa shape index (κ2) is 5.40. The van der Waals surface area contributed by atoms with Crippen LogP contribution in [0.3, 0.4) is 0 Å². The number of amides is 1. The number of rotatable bonds is 5. The molecule has 3 heterocycles. The van der Waals surface area contributed by atoms with E-state index in [4.69, 9.17) is 5.73 Å². The molecule has 0 fully saturated rings. The van der Waals surface area contributed by atoms with Gasteiger partial charge in [0.05, 0.1) is 6.20 Å². The summed E-state index contributed by atoms with van der Waals surface area (Å²) < 4.78 is 1.87. The monoisotopic (exact) mass is 283 g/mol. The molecule has 0 radical (unpaired) electrons. The molecule has 0 saturated carbocycles. The summed E-state index contributed by atoms with van der Waals surface area (Å²) in [7, 11) is 0. The van der Waals surface area contributed by atoms with Crippen molar-refractivity contribution in [1.29, 1.82) is 0 Å². The maximum Gasteiger partial charge on any atom is 0.217 e. The van der Waals surface area contributed by atoms with Gasteiger partial charge in [0.25, 0.3) is 0 Å². The minimum absolute atomic E-state index is 0.134.